The van der Waals surface area contributed by atoms with Crippen molar-refractivity contribution in [3.63, 3.8) is 0 Å². The molecule has 35 heavy (non-hydrogen) atoms. The minimum absolute atomic E-state index is 0.0842. The minimum Gasteiger partial charge on any atom is -0.458 e. The van der Waals surface area contributed by atoms with Gasteiger partial charge in [0.15, 0.2) is 10.9 Å². The van der Waals surface area contributed by atoms with Crippen molar-refractivity contribution >= 4 is 43.1 Å². The van der Waals surface area contributed by atoms with Gasteiger partial charge in [0.2, 0.25) is 0 Å². The molecular weight excluding hydrogens is 488 g/mol. The summed E-state index contributed by atoms with van der Waals surface area (Å²) in [4.78, 5) is 30.0. The number of rotatable bonds is 2. The van der Waals surface area contributed by atoms with E-state index in [-0.39, 0.29) is 35.4 Å². The Kier molecular flexibility index (Phi) is 7.60. The zero-order chi connectivity index (χ0) is 25.7. The van der Waals surface area contributed by atoms with Crippen molar-refractivity contribution in [3.05, 3.63) is 22.9 Å². The van der Waals surface area contributed by atoms with Crippen molar-refractivity contribution in [2.24, 2.45) is 18.9 Å². The van der Waals surface area contributed by atoms with Gasteiger partial charge in [0.1, 0.15) is 6.10 Å². The molecule has 0 amide bonds. The summed E-state index contributed by atoms with van der Waals surface area (Å²) >= 11 is 8.83. The first-order valence-corrected chi connectivity index (χ1v) is 12.9. The summed E-state index contributed by atoms with van der Waals surface area (Å²) < 4.78 is 13.6. The van der Waals surface area contributed by atoms with Crippen molar-refractivity contribution in [2.75, 3.05) is 0 Å². The molecule has 3 heterocycles. The number of fused-ring (bicyclic) bond motifs is 2. The molecule has 0 saturated carbocycles. The summed E-state index contributed by atoms with van der Waals surface area (Å²) in [5.74, 6) is -1.83. The molecule has 8 nitrogen and oxygen atoms in total. The fourth-order valence-corrected chi connectivity index (χ4v) is 5.62. The first-order valence-electron chi connectivity index (χ1n) is 12.0. The number of cyclic esters (lactones) is 1. The topological polar surface area (TPSA) is 114 Å². The molecule has 0 aromatic carbocycles. The van der Waals surface area contributed by atoms with Gasteiger partial charge in [0, 0.05) is 30.9 Å². The third-order valence-corrected chi connectivity index (χ3v) is 8.58. The average Bonchev–Trinajstić information content (AvgIpc) is 3.37. The van der Waals surface area contributed by atoms with E-state index in [1.165, 1.54) is 0 Å². The van der Waals surface area contributed by atoms with E-state index in [1.807, 2.05) is 27.0 Å². The van der Waals surface area contributed by atoms with Gasteiger partial charge in [-0.25, -0.2) is 4.98 Å². The van der Waals surface area contributed by atoms with Crippen LogP contribution in [-0.4, -0.2) is 61.5 Å². The maximum absolute atomic E-state index is 12.9. The summed E-state index contributed by atoms with van der Waals surface area (Å²) in [5.41, 5.74) is 1.24. The standard InChI is InChI=1S/C25H34N2O6S2/c1-12(8-16-23(34)27(4)24(35)26-16)18-11-19-25(3,33-19)7-5-6-14-9-15(17(28)10-20(29)32-18)22(31)13(2)21(14)30/h8-9,13-14,17-19,21,28,30,34H,5-7,10-11H2,1-4H3,(H,26,35)/b12-8+/t13-,14-,17+,18+,19+,21-,25-/m1/s1. The Bertz CT molecular complexity index is 1080. The maximum atomic E-state index is 12.9. The predicted molar refractivity (Wildman–Crippen MR) is 135 cm³/mol. The highest BCUT2D eigenvalue weighted by atomic mass is 32.1. The third-order valence-electron chi connectivity index (χ3n) is 7.65. The van der Waals surface area contributed by atoms with E-state index in [2.05, 4.69) is 30.2 Å². The molecule has 1 fully saturated rings. The largest absolute Gasteiger partial charge is 0.458 e. The van der Waals surface area contributed by atoms with E-state index in [0.717, 1.165) is 18.4 Å². The number of imidazole rings is 1. The van der Waals surface area contributed by atoms with Crippen molar-refractivity contribution in [1.29, 1.82) is 0 Å². The molecule has 7 atom stereocenters. The molecule has 1 aromatic rings. The highest BCUT2D eigenvalue weighted by Crippen LogP contribution is 2.45. The molecule has 1 aromatic heterocycles. The number of carbonyl (C=O) groups excluding carboxylic acids is 2. The Balaban J connectivity index is 1.61. The second-order valence-corrected chi connectivity index (χ2v) is 11.1. The molecular formula is C25H34N2O6S2. The first-order chi connectivity index (χ1) is 16.4. The number of hydrogen-bond acceptors (Lipinski definition) is 9. The van der Waals surface area contributed by atoms with E-state index in [4.69, 9.17) is 9.47 Å². The molecule has 2 aliphatic heterocycles. The van der Waals surface area contributed by atoms with Gasteiger partial charge in [-0.15, -0.1) is 25.3 Å². The Hall–Kier alpha value is -1.59. The van der Waals surface area contributed by atoms with Crippen molar-refractivity contribution in [3.8, 4) is 0 Å². The lowest BCUT2D eigenvalue weighted by Crippen LogP contribution is -2.40. The molecule has 10 heteroatoms. The normalized spacial score (nSPS) is 36.7. The number of thiol groups is 2. The van der Waals surface area contributed by atoms with Gasteiger partial charge in [0.25, 0.3) is 0 Å². The van der Waals surface area contributed by atoms with Crippen LogP contribution in [0.15, 0.2) is 27.4 Å². The Labute approximate surface area is 216 Å². The second-order valence-electron chi connectivity index (χ2n) is 10.2. The van der Waals surface area contributed by atoms with Crippen molar-refractivity contribution in [1.82, 2.24) is 9.55 Å². The molecule has 0 spiro atoms. The number of aromatic nitrogens is 2. The van der Waals surface area contributed by atoms with Gasteiger partial charge in [-0.2, -0.15) is 0 Å². The third kappa shape index (κ3) is 5.41. The Morgan fingerprint density at radius 1 is 1.31 bits per heavy atom. The molecule has 0 unspecified atom stereocenters. The minimum atomic E-state index is -1.28. The quantitative estimate of drug-likeness (QED) is 0.268. The number of ether oxygens (including phenoxy) is 2. The van der Waals surface area contributed by atoms with Crippen LogP contribution in [0.4, 0.5) is 0 Å². The highest BCUT2D eigenvalue weighted by Gasteiger charge is 2.53. The number of aliphatic hydroxyl groups excluding tert-OH is 2. The average molecular weight is 523 g/mol. The zero-order valence-corrected chi connectivity index (χ0v) is 22.3. The van der Waals surface area contributed by atoms with Gasteiger partial charge in [-0.1, -0.05) is 13.0 Å². The maximum Gasteiger partial charge on any atom is 0.309 e. The molecule has 1 saturated heterocycles. The van der Waals surface area contributed by atoms with E-state index >= 15 is 0 Å². The Morgan fingerprint density at radius 2 is 2.03 bits per heavy atom. The number of nitrogens with zero attached hydrogens (tertiary/aromatic N) is 2. The summed E-state index contributed by atoms with van der Waals surface area (Å²) in [6.45, 7) is 5.57. The smallest absolute Gasteiger partial charge is 0.309 e. The second kappa shape index (κ2) is 10.0. The summed E-state index contributed by atoms with van der Waals surface area (Å²) in [6.07, 6.45) is 3.08. The van der Waals surface area contributed by atoms with Crippen LogP contribution < -0.4 is 0 Å². The van der Waals surface area contributed by atoms with Gasteiger partial charge in [0.05, 0.1) is 41.1 Å². The highest BCUT2D eigenvalue weighted by molar-refractivity contribution is 7.81. The summed E-state index contributed by atoms with van der Waals surface area (Å²) in [6, 6.07) is 0. The fourth-order valence-electron chi connectivity index (χ4n) is 5.13. The van der Waals surface area contributed by atoms with Crippen LogP contribution >= 0.6 is 25.3 Å². The lowest BCUT2D eigenvalue weighted by Gasteiger charge is -2.32. The van der Waals surface area contributed by atoms with E-state index < -0.39 is 30.2 Å². The van der Waals surface area contributed by atoms with Crippen LogP contribution in [0, 0.1) is 11.8 Å². The first kappa shape index (κ1) is 26.5. The van der Waals surface area contributed by atoms with Crippen LogP contribution in [-0.2, 0) is 26.1 Å². The van der Waals surface area contributed by atoms with Gasteiger partial charge in [-0.3, -0.25) is 9.59 Å². The summed E-state index contributed by atoms with van der Waals surface area (Å²) in [7, 11) is 1.81. The van der Waals surface area contributed by atoms with Gasteiger partial charge < -0.3 is 24.3 Å². The lowest BCUT2D eigenvalue weighted by atomic mass is 9.75. The molecule has 2 bridgehead atoms. The van der Waals surface area contributed by atoms with E-state index in [0.29, 0.717) is 28.7 Å². The number of carbonyl (C=O) groups is 2. The van der Waals surface area contributed by atoms with Crippen LogP contribution in [0.3, 0.4) is 0 Å². The summed E-state index contributed by atoms with van der Waals surface area (Å²) in [5, 5.41) is 22.5. The fraction of sp³-hybridized carbons (Fsp3) is 0.640. The van der Waals surface area contributed by atoms with Crippen molar-refractivity contribution < 1.29 is 29.3 Å². The van der Waals surface area contributed by atoms with Crippen LogP contribution in [0.1, 0.15) is 58.6 Å². The molecule has 4 rings (SSSR count). The molecule has 0 radical (unpaired) electrons. The van der Waals surface area contributed by atoms with E-state index in [1.54, 1.807) is 17.6 Å². The SMILES string of the molecule is C/C(=C\c1nc(S)n(C)c1S)[C@@H]1C[C@@H]2O[C@]2(C)CCC[C@@H]2C=C(C(=O)[C@H](C)[C@H]2O)[C@@H](O)CC(=O)O1. The molecule has 2 N–H and O–H groups in total. The predicted octanol–water partition coefficient (Wildman–Crippen LogP) is 2.92. The number of Topliss-reactive ketones (excluding diaryl/α,β-unsaturated/α-hetero) is 1. The molecule has 192 valence electrons. The molecule has 3 aliphatic rings. The number of hydrogen-bond donors (Lipinski definition) is 4. The monoisotopic (exact) mass is 522 g/mol. The number of ketones is 1. The lowest BCUT2D eigenvalue weighted by molar-refractivity contribution is -0.149. The van der Waals surface area contributed by atoms with Crippen LogP contribution in [0.5, 0.6) is 0 Å². The van der Waals surface area contributed by atoms with Gasteiger partial charge >= 0.3 is 5.97 Å². The number of epoxide rings is 1. The van der Waals surface area contributed by atoms with Crippen LogP contribution in [0.25, 0.3) is 6.08 Å². The zero-order valence-electron chi connectivity index (χ0n) is 20.5. The number of aliphatic hydroxyl groups is 2. The molecule has 1 aliphatic carbocycles. The van der Waals surface area contributed by atoms with Gasteiger partial charge in [-0.05, 0) is 44.8 Å². The van der Waals surface area contributed by atoms with Crippen molar-refractivity contribution in [2.45, 2.75) is 93.1 Å². The Morgan fingerprint density at radius 3 is 2.69 bits per heavy atom. The number of esters is 1. The van der Waals surface area contributed by atoms with E-state index in [9.17, 15) is 19.8 Å². The van der Waals surface area contributed by atoms with Crippen LogP contribution in [0.2, 0.25) is 0 Å².